The molecule has 0 aliphatic rings. The molecule has 78 valence electrons. The third-order valence-electron chi connectivity index (χ3n) is 1.57. The molecule has 1 aromatic rings. The fraction of sp³-hybridized carbons (Fsp3) is 0.500. The first-order chi connectivity index (χ1) is 6.58. The summed E-state index contributed by atoms with van der Waals surface area (Å²) >= 11 is 1.87. The van der Waals surface area contributed by atoms with Crippen LogP contribution in [0, 0.1) is 0 Å². The van der Waals surface area contributed by atoms with Gasteiger partial charge in [0.25, 0.3) is 0 Å². The Balaban J connectivity index is 2.59. The van der Waals surface area contributed by atoms with Gasteiger partial charge in [0.2, 0.25) is 0 Å². The van der Waals surface area contributed by atoms with Crippen molar-refractivity contribution in [1.29, 1.82) is 0 Å². The first-order valence-corrected chi connectivity index (χ1v) is 5.89. The lowest BCUT2D eigenvalue weighted by atomic mass is 10.3. The van der Waals surface area contributed by atoms with Gasteiger partial charge in [0, 0.05) is 10.1 Å². The van der Waals surface area contributed by atoms with Gasteiger partial charge >= 0.3 is 0 Å². The highest BCUT2D eigenvalue weighted by Crippen LogP contribution is 2.25. The molecule has 0 unspecified atom stereocenters. The summed E-state index contributed by atoms with van der Waals surface area (Å²) in [7, 11) is 0. The largest absolute Gasteiger partial charge is 0.491 e. The molecule has 14 heavy (non-hydrogen) atoms. The van der Waals surface area contributed by atoms with Gasteiger partial charge in [-0.3, -0.25) is 0 Å². The standard InChI is InChI=1S/C12H18OS/c1-9(2)13-11-5-7-12(8-6-11)14-10(3)4/h5-10H,1-4H3. The minimum Gasteiger partial charge on any atom is -0.491 e. The summed E-state index contributed by atoms with van der Waals surface area (Å²) in [5.74, 6) is 0.952. The SMILES string of the molecule is CC(C)Oc1ccc(SC(C)C)cc1. The molecule has 0 fully saturated rings. The van der Waals surface area contributed by atoms with Crippen molar-refractivity contribution in [3.05, 3.63) is 24.3 Å². The van der Waals surface area contributed by atoms with E-state index < -0.39 is 0 Å². The van der Waals surface area contributed by atoms with Gasteiger partial charge in [-0.2, -0.15) is 0 Å². The van der Waals surface area contributed by atoms with Gasteiger partial charge in [-0.15, -0.1) is 11.8 Å². The summed E-state index contributed by atoms with van der Waals surface area (Å²) < 4.78 is 5.56. The van der Waals surface area contributed by atoms with Crippen LogP contribution in [0.4, 0.5) is 0 Å². The van der Waals surface area contributed by atoms with E-state index in [9.17, 15) is 0 Å². The molecular weight excluding hydrogens is 192 g/mol. The van der Waals surface area contributed by atoms with E-state index in [1.807, 2.05) is 37.7 Å². The zero-order valence-corrected chi connectivity index (χ0v) is 10.1. The smallest absolute Gasteiger partial charge is 0.119 e. The van der Waals surface area contributed by atoms with E-state index in [1.54, 1.807) is 0 Å². The van der Waals surface area contributed by atoms with E-state index in [0.717, 1.165) is 5.75 Å². The molecule has 0 spiro atoms. The molecule has 0 heterocycles. The minimum absolute atomic E-state index is 0.249. The van der Waals surface area contributed by atoms with Crippen LogP contribution in [0.1, 0.15) is 27.7 Å². The Bertz CT molecular complexity index is 235. The van der Waals surface area contributed by atoms with Crippen molar-refractivity contribution in [2.24, 2.45) is 0 Å². The van der Waals surface area contributed by atoms with Crippen molar-refractivity contribution in [1.82, 2.24) is 0 Å². The van der Waals surface area contributed by atoms with E-state index in [4.69, 9.17) is 4.74 Å². The van der Waals surface area contributed by atoms with Crippen LogP contribution in [0.3, 0.4) is 0 Å². The molecule has 0 amide bonds. The second-order valence-electron chi connectivity index (χ2n) is 3.80. The Labute approximate surface area is 90.9 Å². The van der Waals surface area contributed by atoms with Gasteiger partial charge < -0.3 is 4.74 Å². The molecular formula is C12H18OS. The van der Waals surface area contributed by atoms with E-state index in [-0.39, 0.29) is 6.10 Å². The monoisotopic (exact) mass is 210 g/mol. The van der Waals surface area contributed by atoms with Crippen LogP contribution in [-0.2, 0) is 0 Å². The highest BCUT2D eigenvalue weighted by atomic mass is 32.2. The maximum absolute atomic E-state index is 5.56. The molecule has 0 aliphatic carbocycles. The highest BCUT2D eigenvalue weighted by molar-refractivity contribution is 7.99. The number of benzene rings is 1. The number of thioether (sulfide) groups is 1. The van der Waals surface area contributed by atoms with Gasteiger partial charge in [0.05, 0.1) is 6.10 Å². The molecule has 0 N–H and O–H groups in total. The van der Waals surface area contributed by atoms with Crippen molar-refractivity contribution < 1.29 is 4.74 Å². The van der Waals surface area contributed by atoms with Crippen LogP contribution >= 0.6 is 11.8 Å². The average Bonchev–Trinajstić information content (AvgIpc) is 2.06. The maximum atomic E-state index is 5.56. The van der Waals surface area contributed by atoms with Crippen LogP contribution in [0.15, 0.2) is 29.2 Å². The predicted octanol–water partition coefficient (Wildman–Crippen LogP) is 3.97. The molecule has 1 nitrogen and oxygen atoms in total. The van der Waals surface area contributed by atoms with Crippen molar-refractivity contribution >= 4 is 11.8 Å². The minimum atomic E-state index is 0.249. The van der Waals surface area contributed by atoms with E-state index in [1.165, 1.54) is 4.90 Å². The normalized spacial score (nSPS) is 11.0. The quantitative estimate of drug-likeness (QED) is 0.695. The molecule has 0 bridgehead atoms. The molecule has 1 rings (SSSR count). The Kier molecular flexibility index (Phi) is 4.33. The lowest BCUT2D eigenvalue weighted by Crippen LogP contribution is -2.05. The first kappa shape index (κ1) is 11.4. The van der Waals surface area contributed by atoms with E-state index in [2.05, 4.69) is 26.0 Å². The fourth-order valence-electron chi connectivity index (χ4n) is 1.14. The third-order valence-corrected chi connectivity index (χ3v) is 2.58. The Morgan fingerprint density at radius 2 is 1.57 bits per heavy atom. The number of hydrogen-bond donors (Lipinski definition) is 0. The molecule has 0 saturated carbocycles. The van der Waals surface area contributed by atoms with Crippen molar-refractivity contribution in [2.45, 2.75) is 43.9 Å². The number of hydrogen-bond acceptors (Lipinski definition) is 2. The van der Waals surface area contributed by atoms with Crippen molar-refractivity contribution in [2.75, 3.05) is 0 Å². The lowest BCUT2D eigenvalue weighted by molar-refractivity contribution is 0.242. The van der Waals surface area contributed by atoms with Gasteiger partial charge in [0.15, 0.2) is 0 Å². The summed E-state index contributed by atoms with van der Waals surface area (Å²) in [6.45, 7) is 8.47. The van der Waals surface area contributed by atoms with Crippen LogP contribution < -0.4 is 4.74 Å². The van der Waals surface area contributed by atoms with Gasteiger partial charge in [0.1, 0.15) is 5.75 Å². The van der Waals surface area contributed by atoms with Crippen molar-refractivity contribution in [3.63, 3.8) is 0 Å². The zero-order chi connectivity index (χ0) is 10.6. The number of rotatable bonds is 4. The summed E-state index contributed by atoms with van der Waals surface area (Å²) in [5, 5.41) is 0.631. The lowest BCUT2D eigenvalue weighted by Gasteiger charge is -2.10. The second kappa shape index (κ2) is 5.30. The summed E-state index contributed by atoms with van der Waals surface area (Å²) in [4.78, 5) is 1.30. The Morgan fingerprint density at radius 3 is 2.00 bits per heavy atom. The fourth-order valence-corrected chi connectivity index (χ4v) is 1.98. The van der Waals surface area contributed by atoms with Crippen LogP contribution in [0.2, 0.25) is 0 Å². The molecule has 0 aromatic heterocycles. The van der Waals surface area contributed by atoms with Gasteiger partial charge in [-0.05, 0) is 38.1 Å². The third kappa shape index (κ3) is 4.05. The molecule has 0 saturated heterocycles. The number of ether oxygens (including phenoxy) is 1. The van der Waals surface area contributed by atoms with Crippen LogP contribution in [0.5, 0.6) is 5.75 Å². The summed E-state index contributed by atoms with van der Waals surface area (Å²) in [5.41, 5.74) is 0. The van der Waals surface area contributed by atoms with E-state index >= 15 is 0 Å². The molecule has 2 heteroatoms. The molecule has 1 aromatic carbocycles. The van der Waals surface area contributed by atoms with Crippen LogP contribution in [-0.4, -0.2) is 11.4 Å². The van der Waals surface area contributed by atoms with Gasteiger partial charge in [-0.1, -0.05) is 13.8 Å². The first-order valence-electron chi connectivity index (χ1n) is 5.01. The van der Waals surface area contributed by atoms with Crippen LogP contribution in [0.25, 0.3) is 0 Å². The highest BCUT2D eigenvalue weighted by Gasteiger charge is 2.00. The zero-order valence-electron chi connectivity index (χ0n) is 9.28. The Hall–Kier alpha value is -0.630. The molecule has 0 radical (unpaired) electrons. The second-order valence-corrected chi connectivity index (χ2v) is 5.45. The van der Waals surface area contributed by atoms with Gasteiger partial charge in [-0.25, -0.2) is 0 Å². The maximum Gasteiger partial charge on any atom is 0.119 e. The summed E-state index contributed by atoms with van der Waals surface area (Å²) in [6, 6.07) is 8.29. The van der Waals surface area contributed by atoms with Crippen molar-refractivity contribution in [3.8, 4) is 5.75 Å². The average molecular weight is 210 g/mol. The molecule has 0 aliphatic heterocycles. The summed E-state index contributed by atoms with van der Waals surface area (Å²) in [6.07, 6.45) is 0.249. The molecule has 0 atom stereocenters. The predicted molar refractivity (Wildman–Crippen MR) is 63.2 cm³/mol. The topological polar surface area (TPSA) is 9.23 Å². The Morgan fingerprint density at radius 1 is 1.00 bits per heavy atom. The van der Waals surface area contributed by atoms with E-state index in [0.29, 0.717) is 5.25 Å².